The Morgan fingerprint density at radius 2 is 1.83 bits per heavy atom. The Morgan fingerprint density at radius 3 is 2.22 bits per heavy atom. The van der Waals surface area contributed by atoms with Crippen molar-refractivity contribution in [3.63, 3.8) is 0 Å². The van der Waals surface area contributed by atoms with E-state index < -0.39 is 9.84 Å². The second kappa shape index (κ2) is 6.31. The molecule has 0 bridgehead atoms. The van der Waals surface area contributed by atoms with Crippen LogP contribution in [0.5, 0.6) is 0 Å². The van der Waals surface area contributed by atoms with E-state index in [1.807, 2.05) is 13.8 Å². The van der Waals surface area contributed by atoms with E-state index in [1.165, 1.54) is 6.26 Å². The van der Waals surface area contributed by atoms with Gasteiger partial charge in [0, 0.05) is 18.3 Å². The van der Waals surface area contributed by atoms with Gasteiger partial charge in [-0.2, -0.15) is 0 Å². The van der Waals surface area contributed by atoms with Crippen molar-refractivity contribution < 1.29 is 13.5 Å². The predicted octanol–water partition coefficient (Wildman–Crippen LogP) is 1.51. The van der Waals surface area contributed by atoms with Crippen molar-refractivity contribution in [1.29, 1.82) is 0 Å². The van der Waals surface area contributed by atoms with Gasteiger partial charge in [0.15, 0.2) is 9.84 Å². The summed E-state index contributed by atoms with van der Waals surface area (Å²) in [5, 5.41) is 12.4. The quantitative estimate of drug-likeness (QED) is 0.823. The monoisotopic (exact) mass is 271 g/mol. The van der Waals surface area contributed by atoms with Gasteiger partial charge in [-0.15, -0.1) is 0 Å². The van der Waals surface area contributed by atoms with E-state index in [2.05, 4.69) is 5.32 Å². The number of hydrogen-bond acceptors (Lipinski definition) is 4. The molecule has 2 unspecified atom stereocenters. The van der Waals surface area contributed by atoms with Gasteiger partial charge in [-0.05, 0) is 31.0 Å². The summed E-state index contributed by atoms with van der Waals surface area (Å²) in [5.74, 6) is 0. The largest absolute Gasteiger partial charge is 0.395 e. The molecule has 1 rings (SSSR count). The molecule has 0 heterocycles. The zero-order valence-corrected chi connectivity index (χ0v) is 11.9. The average Bonchev–Trinajstić information content (AvgIpc) is 2.34. The van der Waals surface area contributed by atoms with Crippen molar-refractivity contribution in [3.05, 3.63) is 29.8 Å². The molecule has 2 atom stereocenters. The molecule has 18 heavy (non-hydrogen) atoms. The van der Waals surface area contributed by atoms with Gasteiger partial charge in [0.2, 0.25) is 0 Å². The van der Waals surface area contributed by atoms with Crippen molar-refractivity contribution in [1.82, 2.24) is 5.32 Å². The van der Waals surface area contributed by atoms with Gasteiger partial charge in [0.05, 0.1) is 11.5 Å². The number of rotatable bonds is 6. The molecule has 0 radical (unpaired) electrons. The summed E-state index contributed by atoms with van der Waals surface area (Å²) in [6, 6.07) is 6.98. The molecule has 0 saturated carbocycles. The van der Waals surface area contributed by atoms with Crippen LogP contribution >= 0.6 is 0 Å². The SMILES string of the molecule is CCC(CO)NC(C)c1ccc(S(C)(=O)=O)cc1. The fraction of sp³-hybridized carbons (Fsp3) is 0.538. The Labute approximate surface area is 109 Å². The molecular formula is C13H21NO3S. The van der Waals surface area contributed by atoms with Gasteiger partial charge in [0.1, 0.15) is 0 Å². The maximum Gasteiger partial charge on any atom is 0.175 e. The van der Waals surface area contributed by atoms with Gasteiger partial charge in [-0.25, -0.2) is 8.42 Å². The summed E-state index contributed by atoms with van der Waals surface area (Å²) in [6.07, 6.45) is 2.05. The first-order valence-electron chi connectivity index (χ1n) is 6.05. The highest BCUT2D eigenvalue weighted by atomic mass is 32.2. The normalized spacial score (nSPS) is 15.3. The Kier molecular flexibility index (Phi) is 5.31. The molecule has 2 N–H and O–H groups in total. The first kappa shape index (κ1) is 15.1. The van der Waals surface area contributed by atoms with E-state index in [9.17, 15) is 8.42 Å². The molecule has 0 spiro atoms. The fourth-order valence-electron chi connectivity index (χ4n) is 1.75. The molecular weight excluding hydrogens is 250 g/mol. The average molecular weight is 271 g/mol. The van der Waals surface area contributed by atoms with Gasteiger partial charge < -0.3 is 10.4 Å². The van der Waals surface area contributed by atoms with Crippen molar-refractivity contribution in [3.8, 4) is 0 Å². The summed E-state index contributed by atoms with van der Waals surface area (Å²) in [6.45, 7) is 4.10. The van der Waals surface area contributed by atoms with E-state index in [-0.39, 0.29) is 18.7 Å². The van der Waals surface area contributed by atoms with E-state index in [0.717, 1.165) is 12.0 Å². The van der Waals surface area contributed by atoms with E-state index >= 15 is 0 Å². The van der Waals surface area contributed by atoms with Gasteiger partial charge in [-0.1, -0.05) is 19.1 Å². The number of sulfone groups is 1. The maximum atomic E-state index is 11.3. The molecule has 1 aromatic rings. The van der Waals surface area contributed by atoms with Gasteiger partial charge in [-0.3, -0.25) is 0 Å². The minimum absolute atomic E-state index is 0.0644. The van der Waals surface area contributed by atoms with Crippen LogP contribution in [0.4, 0.5) is 0 Å². The van der Waals surface area contributed by atoms with Crippen molar-refractivity contribution >= 4 is 9.84 Å². The Balaban J connectivity index is 2.79. The minimum atomic E-state index is -3.14. The molecule has 0 amide bonds. The van der Waals surface area contributed by atoms with Crippen LogP contribution in [0, 0.1) is 0 Å². The lowest BCUT2D eigenvalue weighted by molar-refractivity contribution is 0.230. The lowest BCUT2D eigenvalue weighted by Gasteiger charge is -2.21. The summed E-state index contributed by atoms with van der Waals surface area (Å²) in [7, 11) is -3.14. The van der Waals surface area contributed by atoms with E-state index in [4.69, 9.17) is 5.11 Å². The fourth-order valence-corrected chi connectivity index (χ4v) is 2.38. The zero-order chi connectivity index (χ0) is 13.8. The topological polar surface area (TPSA) is 66.4 Å². The molecule has 5 heteroatoms. The number of hydrogen-bond donors (Lipinski definition) is 2. The standard InChI is InChI=1S/C13H21NO3S/c1-4-12(9-15)14-10(2)11-5-7-13(8-6-11)18(3,16)17/h5-8,10,12,14-15H,4,9H2,1-3H3. The van der Waals surface area contributed by atoms with Gasteiger partial charge in [0.25, 0.3) is 0 Å². The Hall–Kier alpha value is -0.910. The molecule has 0 fully saturated rings. The highest BCUT2D eigenvalue weighted by molar-refractivity contribution is 7.90. The summed E-state index contributed by atoms with van der Waals surface area (Å²) in [5.41, 5.74) is 1.01. The van der Waals surface area contributed by atoms with E-state index in [0.29, 0.717) is 4.90 Å². The van der Waals surface area contributed by atoms with Crippen LogP contribution < -0.4 is 5.32 Å². The lowest BCUT2D eigenvalue weighted by atomic mass is 10.1. The Bertz CT molecular complexity index is 464. The van der Waals surface area contributed by atoms with Crippen LogP contribution in [-0.2, 0) is 9.84 Å². The molecule has 0 aliphatic heterocycles. The van der Waals surface area contributed by atoms with Crippen molar-refractivity contribution in [2.45, 2.75) is 37.2 Å². The Morgan fingerprint density at radius 1 is 1.28 bits per heavy atom. The third-order valence-electron chi connectivity index (χ3n) is 3.01. The minimum Gasteiger partial charge on any atom is -0.395 e. The molecule has 102 valence electrons. The van der Waals surface area contributed by atoms with Crippen LogP contribution in [-0.4, -0.2) is 32.4 Å². The van der Waals surface area contributed by atoms with E-state index in [1.54, 1.807) is 24.3 Å². The summed E-state index contributed by atoms with van der Waals surface area (Å²) >= 11 is 0. The van der Waals surface area contributed by atoms with Gasteiger partial charge >= 0.3 is 0 Å². The van der Waals surface area contributed by atoms with Crippen LogP contribution in [0.3, 0.4) is 0 Å². The third-order valence-corrected chi connectivity index (χ3v) is 4.14. The highest BCUT2D eigenvalue weighted by Crippen LogP contribution is 2.17. The highest BCUT2D eigenvalue weighted by Gasteiger charge is 2.12. The molecule has 0 aliphatic carbocycles. The van der Waals surface area contributed by atoms with Crippen LogP contribution in [0.15, 0.2) is 29.2 Å². The van der Waals surface area contributed by atoms with Crippen LogP contribution in [0.1, 0.15) is 31.9 Å². The third kappa shape index (κ3) is 4.08. The lowest BCUT2D eigenvalue weighted by Crippen LogP contribution is -2.33. The molecule has 0 saturated heterocycles. The summed E-state index contributed by atoms with van der Waals surface area (Å²) < 4.78 is 22.7. The number of aliphatic hydroxyl groups excluding tert-OH is 1. The van der Waals surface area contributed by atoms with Crippen LogP contribution in [0.2, 0.25) is 0 Å². The molecule has 0 aromatic heterocycles. The number of benzene rings is 1. The smallest absolute Gasteiger partial charge is 0.175 e. The zero-order valence-electron chi connectivity index (χ0n) is 11.1. The molecule has 4 nitrogen and oxygen atoms in total. The first-order chi connectivity index (χ1) is 8.38. The summed E-state index contributed by atoms with van der Waals surface area (Å²) in [4.78, 5) is 0.327. The maximum absolute atomic E-state index is 11.3. The molecule has 1 aromatic carbocycles. The molecule has 0 aliphatic rings. The van der Waals surface area contributed by atoms with Crippen molar-refractivity contribution in [2.75, 3.05) is 12.9 Å². The predicted molar refractivity (Wildman–Crippen MR) is 72.3 cm³/mol. The number of nitrogens with one attached hydrogen (secondary N) is 1. The number of aliphatic hydroxyl groups is 1. The van der Waals surface area contributed by atoms with Crippen LogP contribution in [0.25, 0.3) is 0 Å². The second-order valence-corrected chi connectivity index (χ2v) is 6.53. The second-order valence-electron chi connectivity index (χ2n) is 4.52. The first-order valence-corrected chi connectivity index (χ1v) is 7.94. The van der Waals surface area contributed by atoms with Crippen molar-refractivity contribution in [2.24, 2.45) is 0 Å².